The van der Waals surface area contributed by atoms with Gasteiger partial charge in [-0.2, -0.15) is 0 Å². The molecule has 3 heterocycles. The highest BCUT2D eigenvalue weighted by atomic mass is 32.1. The van der Waals surface area contributed by atoms with Crippen molar-refractivity contribution in [1.29, 1.82) is 0 Å². The number of amides is 2. The Morgan fingerprint density at radius 2 is 1.52 bits per heavy atom. The molecule has 0 radical (unpaired) electrons. The van der Waals surface area contributed by atoms with Crippen molar-refractivity contribution in [2.24, 2.45) is 0 Å². The van der Waals surface area contributed by atoms with Crippen molar-refractivity contribution in [1.82, 2.24) is 14.7 Å². The van der Waals surface area contributed by atoms with Crippen molar-refractivity contribution < 1.29 is 19.5 Å². The van der Waals surface area contributed by atoms with Crippen molar-refractivity contribution in [3.8, 4) is 0 Å². The number of hydrogen-bond acceptors (Lipinski definition) is 5. The molecule has 1 aromatic heterocycles. The lowest BCUT2D eigenvalue weighted by Gasteiger charge is -2.35. The van der Waals surface area contributed by atoms with Gasteiger partial charge in [0.1, 0.15) is 4.88 Å². The molecule has 2 fully saturated rings. The summed E-state index contributed by atoms with van der Waals surface area (Å²) in [5.41, 5.74) is 0. The lowest BCUT2D eigenvalue weighted by atomic mass is 10.1. The summed E-state index contributed by atoms with van der Waals surface area (Å²) in [5, 5.41) is 8.96. The van der Waals surface area contributed by atoms with E-state index in [1.807, 2.05) is 4.90 Å². The van der Waals surface area contributed by atoms with Crippen LogP contribution < -0.4 is 0 Å². The second kappa shape index (κ2) is 7.97. The Labute approximate surface area is 150 Å². The van der Waals surface area contributed by atoms with Gasteiger partial charge in [-0.25, -0.2) is 4.79 Å². The summed E-state index contributed by atoms with van der Waals surface area (Å²) in [6.45, 7) is 4.61. The van der Waals surface area contributed by atoms with Crippen LogP contribution in [0.15, 0.2) is 12.1 Å². The van der Waals surface area contributed by atoms with Crippen molar-refractivity contribution in [2.75, 3.05) is 45.8 Å². The van der Waals surface area contributed by atoms with Gasteiger partial charge in [-0.3, -0.25) is 14.5 Å². The van der Waals surface area contributed by atoms with Gasteiger partial charge in [0.2, 0.25) is 5.91 Å². The second-order valence-electron chi connectivity index (χ2n) is 6.48. The number of carbonyl (C=O) groups excluding carboxylic acids is 2. The van der Waals surface area contributed by atoms with E-state index >= 15 is 0 Å². The van der Waals surface area contributed by atoms with E-state index in [-0.39, 0.29) is 16.7 Å². The van der Waals surface area contributed by atoms with Crippen LogP contribution in [-0.4, -0.2) is 83.4 Å². The lowest BCUT2D eigenvalue weighted by Crippen LogP contribution is -2.51. The van der Waals surface area contributed by atoms with Crippen LogP contribution in [0.25, 0.3) is 0 Å². The molecule has 1 aromatic rings. The Bertz CT molecular complexity index is 646. The lowest BCUT2D eigenvalue weighted by molar-refractivity contribution is -0.133. The zero-order valence-electron chi connectivity index (χ0n) is 14.1. The Morgan fingerprint density at radius 3 is 2.12 bits per heavy atom. The quantitative estimate of drug-likeness (QED) is 0.868. The molecular weight excluding hydrogens is 342 g/mol. The number of carboxylic acids is 1. The smallest absolute Gasteiger partial charge is 0.345 e. The van der Waals surface area contributed by atoms with Crippen LogP contribution in [0.1, 0.15) is 38.6 Å². The van der Waals surface area contributed by atoms with E-state index in [2.05, 4.69) is 4.90 Å². The van der Waals surface area contributed by atoms with Gasteiger partial charge >= 0.3 is 5.97 Å². The minimum absolute atomic E-state index is 0.125. The van der Waals surface area contributed by atoms with Gasteiger partial charge in [-0.1, -0.05) is 0 Å². The number of thiophene rings is 1. The van der Waals surface area contributed by atoms with Crippen LogP contribution >= 0.6 is 11.3 Å². The molecule has 8 heteroatoms. The number of likely N-dealkylation sites (tertiary alicyclic amines) is 1. The van der Waals surface area contributed by atoms with Gasteiger partial charge in [0, 0.05) is 39.3 Å². The first kappa shape index (κ1) is 17.9. The second-order valence-corrected chi connectivity index (χ2v) is 7.56. The van der Waals surface area contributed by atoms with Crippen molar-refractivity contribution >= 4 is 29.1 Å². The van der Waals surface area contributed by atoms with E-state index in [1.54, 1.807) is 11.0 Å². The third-order valence-electron chi connectivity index (χ3n) is 4.75. The molecule has 7 nitrogen and oxygen atoms in total. The molecule has 1 N–H and O–H groups in total. The van der Waals surface area contributed by atoms with Crippen LogP contribution in [0, 0.1) is 0 Å². The standard InChI is InChI=1S/C17H23N3O4S/c21-15(19-6-2-1-3-7-19)12-18-8-10-20(11-9-18)16(22)13-4-5-14(25-13)17(23)24/h4-5H,1-3,6-12H2,(H,23,24). The summed E-state index contributed by atoms with van der Waals surface area (Å²) in [6.07, 6.45) is 3.39. The van der Waals surface area contributed by atoms with Crippen LogP contribution in [-0.2, 0) is 4.79 Å². The van der Waals surface area contributed by atoms with Crippen molar-refractivity contribution in [3.63, 3.8) is 0 Å². The third-order valence-corrected chi connectivity index (χ3v) is 5.82. The molecule has 0 spiro atoms. The largest absolute Gasteiger partial charge is 0.477 e. The monoisotopic (exact) mass is 365 g/mol. The van der Waals surface area contributed by atoms with E-state index in [0.29, 0.717) is 37.6 Å². The van der Waals surface area contributed by atoms with E-state index < -0.39 is 5.97 Å². The minimum atomic E-state index is -1.01. The SMILES string of the molecule is O=C(O)c1ccc(C(=O)N2CCN(CC(=O)N3CCCCC3)CC2)s1. The average Bonchev–Trinajstić information content (AvgIpc) is 3.13. The molecule has 2 amide bonds. The molecule has 0 unspecified atom stereocenters. The number of nitrogens with zero attached hydrogens (tertiary/aromatic N) is 3. The maximum atomic E-state index is 12.5. The first-order chi connectivity index (χ1) is 12.0. The third kappa shape index (κ3) is 4.38. The number of carboxylic acid groups (broad SMARTS) is 1. The van der Waals surface area contributed by atoms with Crippen LogP contribution in [0.4, 0.5) is 0 Å². The molecule has 0 bridgehead atoms. The molecule has 2 aliphatic rings. The van der Waals surface area contributed by atoms with Gasteiger partial charge in [0.05, 0.1) is 11.4 Å². The minimum Gasteiger partial charge on any atom is -0.477 e. The Balaban J connectivity index is 1.48. The van der Waals surface area contributed by atoms with Gasteiger partial charge in [-0.15, -0.1) is 11.3 Å². The molecular formula is C17H23N3O4S. The van der Waals surface area contributed by atoms with E-state index in [0.717, 1.165) is 37.3 Å². The Hall–Kier alpha value is -1.93. The first-order valence-electron chi connectivity index (χ1n) is 8.67. The van der Waals surface area contributed by atoms with Crippen LogP contribution in [0.3, 0.4) is 0 Å². The predicted octanol–water partition coefficient (Wildman–Crippen LogP) is 1.22. The zero-order chi connectivity index (χ0) is 17.8. The number of carbonyl (C=O) groups is 3. The Morgan fingerprint density at radius 1 is 0.880 bits per heavy atom. The fraction of sp³-hybridized carbons (Fsp3) is 0.588. The van der Waals surface area contributed by atoms with Crippen LogP contribution in [0.2, 0.25) is 0 Å². The normalized spacial score (nSPS) is 19.0. The summed E-state index contributed by atoms with van der Waals surface area (Å²) in [4.78, 5) is 42.1. The van der Waals surface area contributed by atoms with Crippen LogP contribution in [0.5, 0.6) is 0 Å². The number of piperidine rings is 1. The molecule has 0 saturated carbocycles. The highest BCUT2D eigenvalue weighted by Gasteiger charge is 2.26. The topological polar surface area (TPSA) is 81.2 Å². The average molecular weight is 365 g/mol. The molecule has 3 rings (SSSR count). The summed E-state index contributed by atoms with van der Waals surface area (Å²) in [6, 6.07) is 3.04. The van der Waals surface area contributed by atoms with Gasteiger partial charge in [-0.05, 0) is 31.4 Å². The van der Waals surface area contributed by atoms with Gasteiger partial charge < -0.3 is 14.9 Å². The highest BCUT2D eigenvalue weighted by Crippen LogP contribution is 2.19. The molecule has 2 aliphatic heterocycles. The molecule has 0 aromatic carbocycles. The van der Waals surface area contributed by atoms with Gasteiger partial charge in [0.15, 0.2) is 0 Å². The maximum absolute atomic E-state index is 12.5. The number of aromatic carboxylic acids is 1. The summed E-state index contributed by atoms with van der Waals surface area (Å²) >= 11 is 1.01. The fourth-order valence-corrected chi connectivity index (χ4v) is 4.08. The van der Waals surface area contributed by atoms with E-state index in [9.17, 15) is 14.4 Å². The number of hydrogen-bond donors (Lipinski definition) is 1. The predicted molar refractivity (Wildman–Crippen MR) is 94.1 cm³/mol. The Kier molecular flexibility index (Phi) is 5.70. The summed E-state index contributed by atoms with van der Waals surface area (Å²) < 4.78 is 0. The van der Waals surface area contributed by atoms with E-state index in [4.69, 9.17) is 5.11 Å². The molecule has 0 aliphatic carbocycles. The summed E-state index contributed by atoms with van der Waals surface area (Å²) in [5.74, 6) is -0.951. The first-order valence-corrected chi connectivity index (χ1v) is 9.49. The van der Waals surface area contributed by atoms with Crippen molar-refractivity contribution in [2.45, 2.75) is 19.3 Å². The molecule has 25 heavy (non-hydrogen) atoms. The zero-order valence-corrected chi connectivity index (χ0v) is 15.0. The van der Waals surface area contributed by atoms with Crippen molar-refractivity contribution in [3.05, 3.63) is 21.9 Å². The molecule has 0 atom stereocenters. The molecule has 136 valence electrons. The number of rotatable bonds is 4. The maximum Gasteiger partial charge on any atom is 0.345 e. The molecule has 2 saturated heterocycles. The van der Waals surface area contributed by atoms with Gasteiger partial charge in [0.25, 0.3) is 5.91 Å². The highest BCUT2D eigenvalue weighted by molar-refractivity contribution is 7.15. The summed E-state index contributed by atoms with van der Waals surface area (Å²) in [7, 11) is 0. The number of piperazine rings is 1. The van der Waals surface area contributed by atoms with E-state index in [1.165, 1.54) is 12.5 Å². The fourth-order valence-electron chi connectivity index (χ4n) is 3.27.